The SMILES string of the molecule is NN(c1ccc(-c2ccccc2)cc1)c1cccc2c1sc1ccccc12. The lowest BCUT2D eigenvalue weighted by Gasteiger charge is -2.20. The van der Waals surface area contributed by atoms with Gasteiger partial charge in [0.05, 0.1) is 16.1 Å². The van der Waals surface area contributed by atoms with Gasteiger partial charge in [-0.3, -0.25) is 5.01 Å². The molecule has 1 aromatic heterocycles. The van der Waals surface area contributed by atoms with E-state index in [1.807, 2.05) is 6.07 Å². The van der Waals surface area contributed by atoms with Crippen LogP contribution in [0.3, 0.4) is 0 Å². The molecule has 5 rings (SSSR count). The van der Waals surface area contributed by atoms with Gasteiger partial charge in [0.15, 0.2) is 0 Å². The van der Waals surface area contributed by atoms with Crippen LogP contribution in [0.2, 0.25) is 0 Å². The molecule has 0 fully saturated rings. The molecule has 2 nitrogen and oxygen atoms in total. The topological polar surface area (TPSA) is 29.3 Å². The summed E-state index contributed by atoms with van der Waals surface area (Å²) in [5.74, 6) is 6.53. The highest BCUT2D eigenvalue weighted by atomic mass is 32.1. The minimum atomic E-state index is 0.972. The van der Waals surface area contributed by atoms with Gasteiger partial charge >= 0.3 is 0 Å². The van der Waals surface area contributed by atoms with E-state index in [4.69, 9.17) is 5.84 Å². The van der Waals surface area contributed by atoms with E-state index in [0.717, 1.165) is 11.4 Å². The molecule has 3 heteroatoms. The number of fused-ring (bicyclic) bond motifs is 3. The molecule has 0 spiro atoms. The van der Waals surface area contributed by atoms with Crippen LogP contribution < -0.4 is 10.9 Å². The van der Waals surface area contributed by atoms with E-state index in [-0.39, 0.29) is 0 Å². The van der Waals surface area contributed by atoms with Gasteiger partial charge in [-0.15, -0.1) is 11.3 Å². The lowest BCUT2D eigenvalue weighted by molar-refractivity contribution is 1.10. The average molecular weight is 366 g/mol. The molecular formula is C24H18N2S. The number of nitrogens with two attached hydrogens (primary N) is 1. The molecule has 0 aliphatic heterocycles. The summed E-state index contributed by atoms with van der Waals surface area (Å²) in [7, 11) is 0. The van der Waals surface area contributed by atoms with Crippen molar-refractivity contribution in [2.45, 2.75) is 0 Å². The Kier molecular flexibility index (Phi) is 3.89. The Labute approximate surface area is 162 Å². The Morgan fingerprint density at radius 1 is 0.593 bits per heavy atom. The third-order valence-electron chi connectivity index (χ3n) is 4.90. The van der Waals surface area contributed by atoms with E-state index in [2.05, 4.69) is 91.0 Å². The predicted molar refractivity (Wildman–Crippen MR) is 118 cm³/mol. The second-order valence-electron chi connectivity index (χ2n) is 6.53. The summed E-state index contributed by atoms with van der Waals surface area (Å²) in [5, 5.41) is 4.32. The van der Waals surface area contributed by atoms with Crippen LogP contribution in [-0.2, 0) is 0 Å². The molecule has 130 valence electrons. The Morgan fingerprint density at radius 3 is 2.07 bits per heavy atom. The third-order valence-corrected chi connectivity index (χ3v) is 6.10. The predicted octanol–water partition coefficient (Wildman–Crippen LogP) is 6.73. The number of hydrazine groups is 1. The lowest BCUT2D eigenvalue weighted by Crippen LogP contribution is -2.24. The highest BCUT2D eigenvalue weighted by Crippen LogP contribution is 2.40. The molecule has 0 atom stereocenters. The molecule has 0 amide bonds. The first-order valence-electron chi connectivity index (χ1n) is 8.92. The Hall–Kier alpha value is -3.14. The fourth-order valence-electron chi connectivity index (χ4n) is 3.51. The highest BCUT2D eigenvalue weighted by Gasteiger charge is 2.13. The highest BCUT2D eigenvalue weighted by molar-refractivity contribution is 7.26. The Balaban J connectivity index is 1.57. The molecule has 0 aliphatic carbocycles. The maximum Gasteiger partial charge on any atom is 0.0753 e. The van der Waals surface area contributed by atoms with Crippen molar-refractivity contribution in [1.82, 2.24) is 0 Å². The van der Waals surface area contributed by atoms with Crippen molar-refractivity contribution >= 4 is 42.9 Å². The number of hydrogen-bond donors (Lipinski definition) is 1. The Morgan fingerprint density at radius 2 is 1.26 bits per heavy atom. The number of benzene rings is 4. The lowest BCUT2D eigenvalue weighted by atomic mass is 10.1. The maximum atomic E-state index is 6.53. The van der Waals surface area contributed by atoms with Crippen molar-refractivity contribution in [1.29, 1.82) is 0 Å². The Bertz CT molecular complexity index is 1220. The second kappa shape index (κ2) is 6.54. The summed E-state index contributed by atoms with van der Waals surface area (Å²) in [6.45, 7) is 0. The minimum absolute atomic E-state index is 0.972. The van der Waals surface area contributed by atoms with Crippen LogP contribution in [-0.4, -0.2) is 0 Å². The number of rotatable bonds is 3. The molecule has 0 saturated carbocycles. The molecule has 0 radical (unpaired) electrons. The van der Waals surface area contributed by atoms with Crippen LogP contribution in [0, 0.1) is 0 Å². The van der Waals surface area contributed by atoms with E-state index in [1.165, 1.54) is 31.3 Å². The fourth-order valence-corrected chi connectivity index (χ4v) is 4.72. The van der Waals surface area contributed by atoms with Crippen LogP contribution in [0.5, 0.6) is 0 Å². The number of anilines is 2. The van der Waals surface area contributed by atoms with Crippen LogP contribution in [0.4, 0.5) is 11.4 Å². The van der Waals surface area contributed by atoms with E-state index in [1.54, 1.807) is 16.3 Å². The maximum absolute atomic E-state index is 6.53. The van der Waals surface area contributed by atoms with Crippen LogP contribution in [0.25, 0.3) is 31.3 Å². The first kappa shape index (κ1) is 16.1. The molecule has 4 aromatic carbocycles. The normalized spacial score (nSPS) is 11.1. The van der Waals surface area contributed by atoms with Gasteiger partial charge in [-0.1, -0.05) is 72.8 Å². The molecule has 0 bridgehead atoms. The largest absolute Gasteiger partial charge is 0.278 e. The van der Waals surface area contributed by atoms with Gasteiger partial charge in [0, 0.05) is 15.5 Å². The van der Waals surface area contributed by atoms with Crippen LogP contribution in [0.15, 0.2) is 97.1 Å². The average Bonchev–Trinajstić information content (AvgIpc) is 3.13. The summed E-state index contributed by atoms with van der Waals surface area (Å²) < 4.78 is 2.50. The first-order chi connectivity index (χ1) is 13.3. The van der Waals surface area contributed by atoms with Gasteiger partial charge in [-0.05, 0) is 35.4 Å². The van der Waals surface area contributed by atoms with Crippen molar-refractivity contribution in [3.8, 4) is 11.1 Å². The molecule has 2 N–H and O–H groups in total. The molecule has 0 aliphatic rings. The van der Waals surface area contributed by atoms with Gasteiger partial charge < -0.3 is 0 Å². The summed E-state index contributed by atoms with van der Waals surface area (Å²) in [6, 6.07) is 33.6. The zero-order valence-electron chi connectivity index (χ0n) is 14.7. The first-order valence-corrected chi connectivity index (χ1v) is 9.73. The quantitative estimate of drug-likeness (QED) is 0.283. The monoisotopic (exact) mass is 366 g/mol. The summed E-state index contributed by atoms with van der Waals surface area (Å²) in [4.78, 5) is 0. The van der Waals surface area contributed by atoms with Gasteiger partial charge in [0.2, 0.25) is 0 Å². The summed E-state index contributed by atoms with van der Waals surface area (Å²) in [5.41, 5.74) is 4.40. The van der Waals surface area contributed by atoms with E-state index in [9.17, 15) is 0 Å². The zero-order chi connectivity index (χ0) is 18.2. The van der Waals surface area contributed by atoms with Gasteiger partial charge in [-0.2, -0.15) is 0 Å². The van der Waals surface area contributed by atoms with E-state index >= 15 is 0 Å². The summed E-state index contributed by atoms with van der Waals surface area (Å²) >= 11 is 1.79. The third kappa shape index (κ3) is 2.78. The van der Waals surface area contributed by atoms with Gasteiger partial charge in [0.25, 0.3) is 0 Å². The van der Waals surface area contributed by atoms with Crippen molar-refractivity contribution in [3.05, 3.63) is 97.1 Å². The van der Waals surface area contributed by atoms with Crippen LogP contribution in [0.1, 0.15) is 0 Å². The summed E-state index contributed by atoms with van der Waals surface area (Å²) in [6.07, 6.45) is 0. The molecule has 5 aromatic rings. The smallest absolute Gasteiger partial charge is 0.0753 e. The molecule has 0 saturated heterocycles. The number of nitrogens with zero attached hydrogens (tertiary/aromatic N) is 1. The van der Waals surface area contributed by atoms with Crippen molar-refractivity contribution in [3.63, 3.8) is 0 Å². The standard InChI is InChI=1S/C24H18N2S/c25-26(19-15-13-18(14-16-19)17-7-2-1-3-8-17)22-11-6-10-21-20-9-4-5-12-23(20)27-24(21)22/h1-16H,25H2. The van der Waals surface area contributed by atoms with Crippen LogP contribution >= 0.6 is 11.3 Å². The molecular weight excluding hydrogens is 348 g/mol. The van der Waals surface area contributed by atoms with E-state index < -0.39 is 0 Å². The second-order valence-corrected chi connectivity index (χ2v) is 7.59. The van der Waals surface area contributed by atoms with Crippen molar-refractivity contribution < 1.29 is 0 Å². The molecule has 1 heterocycles. The van der Waals surface area contributed by atoms with Crippen molar-refractivity contribution in [2.75, 3.05) is 5.01 Å². The number of hydrogen-bond acceptors (Lipinski definition) is 3. The fraction of sp³-hybridized carbons (Fsp3) is 0. The van der Waals surface area contributed by atoms with Gasteiger partial charge in [0.1, 0.15) is 0 Å². The minimum Gasteiger partial charge on any atom is -0.278 e. The molecule has 0 unspecified atom stereocenters. The number of thiophene rings is 1. The van der Waals surface area contributed by atoms with Crippen molar-refractivity contribution in [2.24, 2.45) is 5.84 Å². The molecule has 27 heavy (non-hydrogen) atoms. The zero-order valence-corrected chi connectivity index (χ0v) is 15.5. The van der Waals surface area contributed by atoms with E-state index in [0.29, 0.717) is 0 Å². The van der Waals surface area contributed by atoms with Gasteiger partial charge in [-0.25, -0.2) is 5.84 Å².